The Morgan fingerprint density at radius 2 is 2.33 bits per heavy atom. The normalized spacial score (nSPS) is 19.7. The van der Waals surface area contributed by atoms with Crippen molar-refractivity contribution in [2.45, 2.75) is 13.0 Å². The second-order valence-corrected chi connectivity index (χ2v) is 4.54. The molecule has 1 amide bonds. The van der Waals surface area contributed by atoms with Gasteiger partial charge < -0.3 is 15.5 Å². The van der Waals surface area contributed by atoms with Crippen LogP contribution in [0.4, 0.5) is 10.1 Å². The number of hydrogen-bond donors (Lipinski definition) is 2. The summed E-state index contributed by atoms with van der Waals surface area (Å²) in [7, 11) is 1.49. The second-order valence-electron chi connectivity index (χ2n) is 4.54. The van der Waals surface area contributed by atoms with E-state index in [2.05, 4.69) is 22.5 Å². The Labute approximate surface area is 106 Å². The first kappa shape index (κ1) is 12.8. The zero-order valence-corrected chi connectivity index (χ0v) is 10.7. The highest BCUT2D eigenvalue weighted by Gasteiger charge is 2.18. The van der Waals surface area contributed by atoms with Crippen LogP contribution in [0, 0.1) is 5.82 Å². The van der Waals surface area contributed by atoms with Gasteiger partial charge in [0.1, 0.15) is 5.82 Å². The summed E-state index contributed by atoms with van der Waals surface area (Å²) in [5, 5.41) is 5.76. The van der Waals surface area contributed by atoms with Crippen LogP contribution in [0.5, 0.6) is 0 Å². The Balaban J connectivity index is 2.20. The van der Waals surface area contributed by atoms with Crippen molar-refractivity contribution in [2.24, 2.45) is 0 Å². The number of hydrogen-bond acceptors (Lipinski definition) is 3. The van der Waals surface area contributed by atoms with Crippen LogP contribution in [-0.4, -0.2) is 38.6 Å². The molecule has 0 radical (unpaired) electrons. The average molecular weight is 251 g/mol. The third-order valence-electron chi connectivity index (χ3n) is 3.16. The maximum Gasteiger partial charge on any atom is 0.253 e. The predicted molar refractivity (Wildman–Crippen MR) is 69.5 cm³/mol. The zero-order chi connectivity index (χ0) is 13.1. The molecule has 1 heterocycles. The lowest BCUT2D eigenvalue weighted by atomic mass is 10.1. The first-order valence-corrected chi connectivity index (χ1v) is 6.12. The van der Waals surface area contributed by atoms with E-state index < -0.39 is 11.7 Å². The molecule has 5 heteroatoms. The fraction of sp³-hybridized carbons (Fsp3) is 0.462. The Bertz CT molecular complexity index is 450. The quantitative estimate of drug-likeness (QED) is 0.823. The van der Waals surface area contributed by atoms with Crippen molar-refractivity contribution < 1.29 is 9.18 Å². The van der Waals surface area contributed by atoms with Crippen LogP contribution in [-0.2, 0) is 0 Å². The van der Waals surface area contributed by atoms with E-state index in [4.69, 9.17) is 0 Å². The van der Waals surface area contributed by atoms with Gasteiger partial charge in [0, 0.05) is 38.4 Å². The van der Waals surface area contributed by atoms with E-state index in [0.717, 1.165) is 25.3 Å². The number of nitrogens with zero attached hydrogens (tertiary/aromatic N) is 1. The van der Waals surface area contributed by atoms with Crippen molar-refractivity contribution in [1.29, 1.82) is 0 Å². The number of halogens is 1. The van der Waals surface area contributed by atoms with Crippen LogP contribution in [0.25, 0.3) is 0 Å². The summed E-state index contributed by atoms with van der Waals surface area (Å²) in [6.07, 6.45) is 0. The third kappa shape index (κ3) is 2.61. The van der Waals surface area contributed by atoms with Gasteiger partial charge in [0.25, 0.3) is 5.91 Å². The van der Waals surface area contributed by atoms with Gasteiger partial charge in [0.15, 0.2) is 0 Å². The molecule has 0 unspecified atom stereocenters. The Morgan fingerprint density at radius 3 is 2.94 bits per heavy atom. The van der Waals surface area contributed by atoms with Gasteiger partial charge in [-0.05, 0) is 25.1 Å². The van der Waals surface area contributed by atoms with Crippen LogP contribution < -0.4 is 15.5 Å². The van der Waals surface area contributed by atoms with E-state index in [1.807, 2.05) is 0 Å². The van der Waals surface area contributed by atoms with E-state index in [9.17, 15) is 9.18 Å². The number of carbonyl (C=O) groups is 1. The van der Waals surface area contributed by atoms with Gasteiger partial charge in [0.2, 0.25) is 0 Å². The highest BCUT2D eigenvalue weighted by molar-refractivity contribution is 5.94. The molecule has 2 N–H and O–H groups in total. The standard InChI is InChI=1S/C13H18FN3O/c1-9-8-17(6-5-16-9)10-3-4-11(12(14)7-10)13(18)15-2/h3-4,7,9,16H,5-6,8H2,1-2H3,(H,15,18)/t9-/m0/s1. The minimum Gasteiger partial charge on any atom is -0.369 e. The molecular weight excluding hydrogens is 233 g/mol. The fourth-order valence-electron chi connectivity index (χ4n) is 2.19. The molecule has 1 aromatic carbocycles. The average Bonchev–Trinajstić information content (AvgIpc) is 2.37. The minimum absolute atomic E-state index is 0.0874. The van der Waals surface area contributed by atoms with E-state index in [1.54, 1.807) is 6.07 Å². The number of nitrogens with one attached hydrogen (secondary N) is 2. The summed E-state index contributed by atoms with van der Waals surface area (Å²) in [6.45, 7) is 4.68. The van der Waals surface area contributed by atoms with Crippen LogP contribution in [0.15, 0.2) is 18.2 Å². The SMILES string of the molecule is CNC(=O)c1ccc(N2CCN[C@@H](C)C2)cc1F. The molecule has 4 nitrogen and oxygen atoms in total. The molecule has 1 aromatic rings. The summed E-state index contributed by atoms with van der Waals surface area (Å²) >= 11 is 0. The van der Waals surface area contributed by atoms with Gasteiger partial charge in [-0.15, -0.1) is 0 Å². The molecule has 0 aromatic heterocycles. The monoisotopic (exact) mass is 251 g/mol. The summed E-state index contributed by atoms with van der Waals surface area (Å²) in [6, 6.07) is 5.16. The van der Waals surface area contributed by atoms with Gasteiger partial charge in [-0.3, -0.25) is 4.79 Å². The van der Waals surface area contributed by atoms with E-state index >= 15 is 0 Å². The zero-order valence-electron chi connectivity index (χ0n) is 10.7. The number of piperazine rings is 1. The van der Waals surface area contributed by atoms with Crippen LogP contribution in [0.3, 0.4) is 0 Å². The maximum absolute atomic E-state index is 13.8. The molecule has 0 spiro atoms. The molecule has 1 aliphatic heterocycles. The van der Waals surface area contributed by atoms with Gasteiger partial charge in [-0.2, -0.15) is 0 Å². The Kier molecular flexibility index (Phi) is 3.81. The van der Waals surface area contributed by atoms with Crippen LogP contribution >= 0.6 is 0 Å². The van der Waals surface area contributed by atoms with E-state index in [-0.39, 0.29) is 5.56 Å². The summed E-state index contributed by atoms with van der Waals surface area (Å²) in [4.78, 5) is 13.5. The summed E-state index contributed by atoms with van der Waals surface area (Å²) in [5.74, 6) is -0.870. The molecule has 0 bridgehead atoms. The third-order valence-corrected chi connectivity index (χ3v) is 3.16. The van der Waals surface area contributed by atoms with E-state index in [0.29, 0.717) is 6.04 Å². The smallest absolute Gasteiger partial charge is 0.253 e. The minimum atomic E-state index is -0.474. The molecule has 98 valence electrons. The molecule has 1 fully saturated rings. The van der Waals surface area contributed by atoms with Crippen molar-refractivity contribution in [3.63, 3.8) is 0 Å². The van der Waals surface area contributed by atoms with Crippen LogP contribution in [0.1, 0.15) is 17.3 Å². The first-order chi connectivity index (χ1) is 8.61. The molecule has 18 heavy (non-hydrogen) atoms. The number of amides is 1. The summed E-state index contributed by atoms with van der Waals surface area (Å²) in [5.41, 5.74) is 0.915. The largest absolute Gasteiger partial charge is 0.369 e. The number of rotatable bonds is 2. The molecule has 1 atom stereocenters. The van der Waals surface area contributed by atoms with Crippen molar-refractivity contribution in [3.8, 4) is 0 Å². The molecule has 2 rings (SSSR count). The Morgan fingerprint density at radius 1 is 1.56 bits per heavy atom. The highest BCUT2D eigenvalue weighted by Crippen LogP contribution is 2.20. The van der Waals surface area contributed by atoms with Gasteiger partial charge in [-0.1, -0.05) is 0 Å². The van der Waals surface area contributed by atoms with Crippen molar-refractivity contribution in [3.05, 3.63) is 29.6 Å². The number of benzene rings is 1. The number of carbonyl (C=O) groups excluding carboxylic acids is 1. The molecule has 1 aliphatic rings. The lowest BCUT2D eigenvalue weighted by Crippen LogP contribution is -2.49. The maximum atomic E-state index is 13.8. The molecular formula is C13H18FN3O. The van der Waals surface area contributed by atoms with E-state index in [1.165, 1.54) is 19.2 Å². The first-order valence-electron chi connectivity index (χ1n) is 6.12. The lowest BCUT2D eigenvalue weighted by Gasteiger charge is -2.33. The Hall–Kier alpha value is -1.62. The van der Waals surface area contributed by atoms with Crippen molar-refractivity contribution in [1.82, 2.24) is 10.6 Å². The second kappa shape index (κ2) is 5.35. The van der Waals surface area contributed by atoms with Gasteiger partial charge in [0.05, 0.1) is 5.56 Å². The number of anilines is 1. The van der Waals surface area contributed by atoms with Gasteiger partial charge >= 0.3 is 0 Å². The lowest BCUT2D eigenvalue weighted by molar-refractivity contribution is 0.0959. The van der Waals surface area contributed by atoms with Crippen molar-refractivity contribution >= 4 is 11.6 Å². The fourth-order valence-corrected chi connectivity index (χ4v) is 2.19. The topological polar surface area (TPSA) is 44.4 Å². The highest BCUT2D eigenvalue weighted by atomic mass is 19.1. The van der Waals surface area contributed by atoms with Crippen LogP contribution in [0.2, 0.25) is 0 Å². The predicted octanol–water partition coefficient (Wildman–Crippen LogP) is 0.983. The summed E-state index contributed by atoms with van der Waals surface area (Å²) < 4.78 is 13.8. The molecule has 0 saturated carbocycles. The molecule has 0 aliphatic carbocycles. The van der Waals surface area contributed by atoms with Crippen molar-refractivity contribution in [2.75, 3.05) is 31.6 Å². The molecule has 1 saturated heterocycles. The van der Waals surface area contributed by atoms with Gasteiger partial charge in [-0.25, -0.2) is 4.39 Å².